The van der Waals surface area contributed by atoms with Gasteiger partial charge in [0.15, 0.2) is 0 Å². The molecule has 0 aromatic carbocycles. The van der Waals surface area contributed by atoms with Crippen molar-refractivity contribution in [3.05, 3.63) is 0 Å². The lowest BCUT2D eigenvalue weighted by atomic mass is 10.0. The Morgan fingerprint density at radius 3 is 0.865 bits per heavy atom. The molecule has 0 aromatic rings. The van der Waals surface area contributed by atoms with E-state index in [1.807, 2.05) is 0 Å². The molecular weight excluding hydrogens is 639 g/mol. The average molecular weight is 736 g/mol. The molecular formula is C48H97NO3. The number of hydrogen-bond acceptors (Lipinski definition) is 3. The Labute approximate surface area is 327 Å². The van der Waals surface area contributed by atoms with Gasteiger partial charge < -0.3 is 15.5 Å². The van der Waals surface area contributed by atoms with Crippen molar-refractivity contribution in [3.63, 3.8) is 0 Å². The SMILES string of the molecule is CCCCCCCCCCCCCCCCCCCCCCCCCCCCCCCCC(O)C(CO)NC(=O)CCCCCCCCCCCC. The first-order chi connectivity index (χ1) is 25.7. The molecule has 0 aromatic heterocycles. The maximum atomic E-state index is 12.3. The summed E-state index contributed by atoms with van der Waals surface area (Å²) >= 11 is 0. The molecule has 3 N–H and O–H groups in total. The lowest BCUT2D eigenvalue weighted by Crippen LogP contribution is -2.45. The van der Waals surface area contributed by atoms with Crippen LogP contribution in [0.2, 0.25) is 0 Å². The first-order valence-corrected chi connectivity index (χ1v) is 24.2. The molecule has 1 amide bonds. The van der Waals surface area contributed by atoms with Crippen molar-refractivity contribution < 1.29 is 15.0 Å². The number of unbranched alkanes of at least 4 members (excludes halogenated alkanes) is 38. The predicted molar refractivity (Wildman–Crippen MR) is 230 cm³/mol. The molecule has 0 rings (SSSR count). The summed E-state index contributed by atoms with van der Waals surface area (Å²) in [6.45, 7) is 4.37. The summed E-state index contributed by atoms with van der Waals surface area (Å²) in [5.74, 6) is -0.0293. The van der Waals surface area contributed by atoms with Gasteiger partial charge in [0.2, 0.25) is 5.91 Å². The number of aliphatic hydroxyl groups excluding tert-OH is 2. The average Bonchev–Trinajstić information content (AvgIpc) is 3.15. The summed E-state index contributed by atoms with van der Waals surface area (Å²) in [6, 6.07) is -0.528. The van der Waals surface area contributed by atoms with Gasteiger partial charge in [-0.25, -0.2) is 0 Å². The van der Waals surface area contributed by atoms with Crippen LogP contribution in [-0.4, -0.2) is 34.9 Å². The topological polar surface area (TPSA) is 69.6 Å². The van der Waals surface area contributed by atoms with Crippen LogP contribution in [0.25, 0.3) is 0 Å². The maximum Gasteiger partial charge on any atom is 0.220 e. The molecule has 0 radical (unpaired) electrons. The maximum absolute atomic E-state index is 12.3. The third kappa shape index (κ3) is 40.6. The minimum Gasteiger partial charge on any atom is -0.394 e. The van der Waals surface area contributed by atoms with Crippen molar-refractivity contribution in [1.29, 1.82) is 0 Å². The summed E-state index contributed by atoms with van der Waals surface area (Å²) < 4.78 is 0. The van der Waals surface area contributed by atoms with E-state index in [0.717, 1.165) is 25.7 Å². The molecule has 0 aliphatic heterocycles. The zero-order valence-electron chi connectivity index (χ0n) is 35.9. The highest BCUT2D eigenvalue weighted by Crippen LogP contribution is 2.17. The van der Waals surface area contributed by atoms with Crippen LogP contribution in [-0.2, 0) is 4.79 Å². The van der Waals surface area contributed by atoms with E-state index >= 15 is 0 Å². The van der Waals surface area contributed by atoms with Gasteiger partial charge in [0.25, 0.3) is 0 Å². The Morgan fingerprint density at radius 1 is 0.385 bits per heavy atom. The van der Waals surface area contributed by atoms with E-state index in [0.29, 0.717) is 12.8 Å². The normalized spacial score (nSPS) is 12.8. The fourth-order valence-corrected chi connectivity index (χ4v) is 7.89. The van der Waals surface area contributed by atoms with Gasteiger partial charge in [-0.2, -0.15) is 0 Å². The van der Waals surface area contributed by atoms with Crippen LogP contribution in [0.5, 0.6) is 0 Å². The fraction of sp³-hybridized carbons (Fsp3) is 0.979. The second-order valence-electron chi connectivity index (χ2n) is 16.9. The predicted octanol–water partition coefficient (Wildman–Crippen LogP) is 15.2. The van der Waals surface area contributed by atoms with Crippen molar-refractivity contribution in [2.75, 3.05) is 6.61 Å². The van der Waals surface area contributed by atoms with Crippen LogP contribution in [0.1, 0.15) is 284 Å². The van der Waals surface area contributed by atoms with Crippen molar-refractivity contribution in [2.45, 2.75) is 296 Å². The Morgan fingerprint density at radius 2 is 0.615 bits per heavy atom. The van der Waals surface area contributed by atoms with Gasteiger partial charge in [-0.15, -0.1) is 0 Å². The Kier molecular flexibility index (Phi) is 44.3. The fourth-order valence-electron chi connectivity index (χ4n) is 7.89. The molecule has 4 heteroatoms. The molecule has 312 valence electrons. The summed E-state index contributed by atoms with van der Waals surface area (Å²) in [4.78, 5) is 12.3. The summed E-state index contributed by atoms with van der Waals surface area (Å²) in [7, 11) is 0. The number of hydrogen-bond donors (Lipinski definition) is 3. The van der Waals surface area contributed by atoms with Gasteiger partial charge in [0.1, 0.15) is 0 Å². The molecule has 0 bridgehead atoms. The minimum atomic E-state index is -0.652. The first kappa shape index (κ1) is 51.4. The number of nitrogens with one attached hydrogen (secondary N) is 1. The van der Waals surface area contributed by atoms with E-state index in [9.17, 15) is 15.0 Å². The molecule has 0 aliphatic carbocycles. The van der Waals surface area contributed by atoms with Crippen molar-refractivity contribution in [3.8, 4) is 0 Å². The lowest BCUT2D eigenvalue weighted by molar-refractivity contribution is -0.123. The number of aliphatic hydroxyl groups is 2. The number of carbonyl (C=O) groups excluding carboxylic acids is 1. The van der Waals surface area contributed by atoms with Gasteiger partial charge in [0.05, 0.1) is 18.8 Å². The smallest absolute Gasteiger partial charge is 0.220 e. The minimum absolute atomic E-state index is 0.0293. The molecule has 0 spiro atoms. The Bertz CT molecular complexity index is 670. The zero-order valence-corrected chi connectivity index (χ0v) is 35.9. The van der Waals surface area contributed by atoms with Crippen LogP contribution < -0.4 is 5.32 Å². The van der Waals surface area contributed by atoms with Crippen LogP contribution in [0.3, 0.4) is 0 Å². The van der Waals surface area contributed by atoms with Gasteiger partial charge >= 0.3 is 0 Å². The number of amides is 1. The molecule has 0 saturated heterocycles. The summed E-state index contributed by atoms with van der Waals surface area (Å²) in [6.07, 6.45) is 55.0. The van der Waals surface area contributed by atoms with Crippen LogP contribution in [0.4, 0.5) is 0 Å². The van der Waals surface area contributed by atoms with Gasteiger partial charge in [-0.1, -0.05) is 264 Å². The standard InChI is InChI=1S/C48H97NO3/c1-3-5-7-9-11-13-15-16-17-18-19-20-21-22-23-24-25-26-27-28-29-30-31-32-33-34-35-37-39-41-43-47(51)46(45-50)49-48(52)44-42-40-38-36-14-12-10-8-6-4-2/h46-47,50-51H,3-45H2,1-2H3,(H,49,52). The number of carbonyl (C=O) groups is 1. The molecule has 0 heterocycles. The van der Waals surface area contributed by atoms with Crippen LogP contribution >= 0.6 is 0 Å². The molecule has 2 unspecified atom stereocenters. The van der Waals surface area contributed by atoms with Gasteiger partial charge in [0, 0.05) is 6.42 Å². The quantitative estimate of drug-likeness (QED) is 0.0545. The monoisotopic (exact) mass is 736 g/mol. The van der Waals surface area contributed by atoms with Gasteiger partial charge in [-0.05, 0) is 12.8 Å². The third-order valence-corrected chi connectivity index (χ3v) is 11.6. The molecule has 0 aliphatic rings. The van der Waals surface area contributed by atoms with E-state index in [1.54, 1.807) is 0 Å². The molecule has 52 heavy (non-hydrogen) atoms. The van der Waals surface area contributed by atoms with E-state index in [1.165, 1.54) is 231 Å². The summed E-state index contributed by atoms with van der Waals surface area (Å²) in [5, 5.41) is 23.1. The Balaban J connectivity index is 3.35. The summed E-state index contributed by atoms with van der Waals surface area (Å²) in [5.41, 5.74) is 0. The van der Waals surface area contributed by atoms with E-state index < -0.39 is 12.1 Å². The largest absolute Gasteiger partial charge is 0.394 e. The van der Waals surface area contributed by atoms with Crippen LogP contribution in [0, 0.1) is 0 Å². The lowest BCUT2D eigenvalue weighted by Gasteiger charge is -2.22. The van der Waals surface area contributed by atoms with Crippen molar-refractivity contribution >= 4 is 5.91 Å². The zero-order chi connectivity index (χ0) is 37.8. The van der Waals surface area contributed by atoms with E-state index in [-0.39, 0.29) is 12.5 Å². The highest BCUT2D eigenvalue weighted by atomic mass is 16.3. The van der Waals surface area contributed by atoms with Crippen LogP contribution in [0.15, 0.2) is 0 Å². The molecule has 4 nitrogen and oxygen atoms in total. The van der Waals surface area contributed by atoms with Gasteiger partial charge in [-0.3, -0.25) is 4.79 Å². The van der Waals surface area contributed by atoms with E-state index in [4.69, 9.17) is 0 Å². The third-order valence-electron chi connectivity index (χ3n) is 11.6. The molecule has 0 fully saturated rings. The second kappa shape index (κ2) is 44.8. The van der Waals surface area contributed by atoms with Crippen molar-refractivity contribution in [1.82, 2.24) is 5.32 Å². The highest BCUT2D eigenvalue weighted by molar-refractivity contribution is 5.76. The molecule has 2 atom stereocenters. The van der Waals surface area contributed by atoms with Crippen molar-refractivity contribution in [2.24, 2.45) is 0 Å². The highest BCUT2D eigenvalue weighted by Gasteiger charge is 2.20. The second-order valence-corrected chi connectivity index (χ2v) is 16.9. The molecule has 0 saturated carbocycles. The number of rotatable bonds is 45. The van der Waals surface area contributed by atoms with E-state index in [2.05, 4.69) is 19.2 Å². The Hall–Kier alpha value is -0.610. The first-order valence-electron chi connectivity index (χ1n) is 24.2.